The quantitative estimate of drug-likeness (QED) is 0.339. The van der Waals surface area contributed by atoms with Crippen LogP contribution in [0.2, 0.25) is 0 Å². The fourth-order valence-electron chi connectivity index (χ4n) is 1.45. The van der Waals surface area contributed by atoms with Gasteiger partial charge in [0.1, 0.15) is 5.69 Å². The minimum absolute atomic E-state index is 0.0732. The molecule has 94 valence electrons. The van der Waals surface area contributed by atoms with Crippen molar-refractivity contribution in [3.63, 3.8) is 0 Å². The highest BCUT2D eigenvalue weighted by Crippen LogP contribution is 2.26. The van der Waals surface area contributed by atoms with Crippen molar-refractivity contribution in [2.45, 2.75) is 12.8 Å². The molecule has 0 unspecified atom stereocenters. The van der Waals surface area contributed by atoms with E-state index in [9.17, 15) is 10.1 Å². The Morgan fingerprint density at radius 3 is 2.88 bits per heavy atom. The molecule has 5 nitrogen and oxygen atoms in total. The van der Waals surface area contributed by atoms with Gasteiger partial charge in [-0.05, 0) is 37.0 Å². The molecule has 0 saturated carbocycles. The molecule has 0 saturated heterocycles. The second kappa shape index (κ2) is 7.01. The zero-order chi connectivity index (χ0) is 12.7. The topological polar surface area (TPSA) is 81.2 Å². The SMILES string of the molecule is CSCCCCNc1cc(N)ccc1[N+](=O)[O-]. The van der Waals surface area contributed by atoms with Crippen LogP contribution in [0.25, 0.3) is 0 Å². The number of nitrogen functional groups attached to an aromatic ring is 1. The number of nitrogens with zero attached hydrogens (tertiary/aromatic N) is 1. The first kappa shape index (κ1) is 13.6. The van der Waals surface area contributed by atoms with E-state index in [2.05, 4.69) is 11.6 Å². The molecule has 0 aliphatic heterocycles. The van der Waals surface area contributed by atoms with E-state index in [1.807, 2.05) is 0 Å². The number of thioether (sulfide) groups is 1. The summed E-state index contributed by atoms with van der Waals surface area (Å²) in [5.74, 6) is 1.11. The number of rotatable bonds is 7. The van der Waals surface area contributed by atoms with Crippen molar-refractivity contribution in [1.82, 2.24) is 0 Å². The van der Waals surface area contributed by atoms with Crippen molar-refractivity contribution in [3.05, 3.63) is 28.3 Å². The van der Waals surface area contributed by atoms with Crippen molar-refractivity contribution in [2.24, 2.45) is 0 Å². The van der Waals surface area contributed by atoms with Gasteiger partial charge in [0.2, 0.25) is 0 Å². The fraction of sp³-hybridized carbons (Fsp3) is 0.455. The Bertz CT molecular complexity index is 385. The number of unbranched alkanes of at least 4 members (excludes halogenated alkanes) is 1. The highest BCUT2D eigenvalue weighted by atomic mass is 32.2. The molecule has 1 aromatic carbocycles. The summed E-state index contributed by atoms with van der Waals surface area (Å²) < 4.78 is 0. The first-order chi connectivity index (χ1) is 8.15. The van der Waals surface area contributed by atoms with Crippen LogP contribution in [0.1, 0.15) is 12.8 Å². The van der Waals surface area contributed by atoms with Crippen LogP contribution in [-0.4, -0.2) is 23.5 Å². The molecule has 0 amide bonds. The first-order valence-electron chi connectivity index (χ1n) is 5.42. The van der Waals surface area contributed by atoms with Gasteiger partial charge < -0.3 is 11.1 Å². The molecular formula is C11H17N3O2S. The van der Waals surface area contributed by atoms with Crippen molar-refractivity contribution in [3.8, 4) is 0 Å². The molecular weight excluding hydrogens is 238 g/mol. The zero-order valence-electron chi connectivity index (χ0n) is 9.81. The van der Waals surface area contributed by atoms with Crippen molar-refractivity contribution < 1.29 is 4.92 Å². The average molecular weight is 255 g/mol. The lowest BCUT2D eigenvalue weighted by Gasteiger charge is -2.07. The normalized spacial score (nSPS) is 10.2. The number of nitrogens with two attached hydrogens (primary N) is 1. The monoisotopic (exact) mass is 255 g/mol. The number of nitrogens with one attached hydrogen (secondary N) is 1. The van der Waals surface area contributed by atoms with Gasteiger partial charge in [-0.2, -0.15) is 11.8 Å². The number of hydrogen-bond donors (Lipinski definition) is 2. The van der Waals surface area contributed by atoms with Gasteiger partial charge in [-0.1, -0.05) is 0 Å². The van der Waals surface area contributed by atoms with Gasteiger partial charge in [0.05, 0.1) is 4.92 Å². The van der Waals surface area contributed by atoms with E-state index in [0.717, 1.165) is 25.1 Å². The van der Waals surface area contributed by atoms with E-state index >= 15 is 0 Å². The number of benzene rings is 1. The third-order valence-corrected chi connectivity index (χ3v) is 3.00. The summed E-state index contributed by atoms with van der Waals surface area (Å²) in [6.07, 6.45) is 4.16. The third kappa shape index (κ3) is 4.52. The summed E-state index contributed by atoms with van der Waals surface area (Å²) in [5.41, 5.74) is 6.72. The smallest absolute Gasteiger partial charge is 0.292 e. The molecule has 0 aromatic heterocycles. The van der Waals surface area contributed by atoms with Gasteiger partial charge in [0, 0.05) is 18.3 Å². The summed E-state index contributed by atoms with van der Waals surface area (Å²) in [5, 5.41) is 13.9. The van der Waals surface area contributed by atoms with Crippen LogP contribution >= 0.6 is 11.8 Å². The molecule has 0 bridgehead atoms. The minimum atomic E-state index is -0.399. The average Bonchev–Trinajstić information content (AvgIpc) is 2.28. The fourth-order valence-corrected chi connectivity index (χ4v) is 1.94. The molecule has 17 heavy (non-hydrogen) atoms. The van der Waals surface area contributed by atoms with Crippen LogP contribution in [-0.2, 0) is 0 Å². The standard InChI is InChI=1S/C11H17N3O2S/c1-17-7-3-2-6-13-10-8-9(12)4-5-11(10)14(15)16/h4-5,8,13H,2-3,6-7,12H2,1H3. The maximum absolute atomic E-state index is 10.8. The van der Waals surface area contributed by atoms with Crippen molar-refractivity contribution in [1.29, 1.82) is 0 Å². The van der Waals surface area contributed by atoms with Gasteiger partial charge in [-0.25, -0.2) is 0 Å². The van der Waals surface area contributed by atoms with Crippen LogP contribution in [0.4, 0.5) is 17.1 Å². The second-order valence-electron chi connectivity index (χ2n) is 3.66. The third-order valence-electron chi connectivity index (χ3n) is 2.31. The second-order valence-corrected chi connectivity index (χ2v) is 4.65. The zero-order valence-corrected chi connectivity index (χ0v) is 10.6. The molecule has 3 N–H and O–H groups in total. The Hall–Kier alpha value is -1.43. The Balaban J connectivity index is 2.56. The van der Waals surface area contributed by atoms with E-state index in [4.69, 9.17) is 5.73 Å². The molecule has 0 atom stereocenters. The van der Waals surface area contributed by atoms with Crippen LogP contribution in [0.3, 0.4) is 0 Å². The summed E-state index contributed by atoms with van der Waals surface area (Å²) in [7, 11) is 0. The van der Waals surface area contributed by atoms with Gasteiger partial charge in [0.15, 0.2) is 0 Å². The van der Waals surface area contributed by atoms with Gasteiger partial charge in [0.25, 0.3) is 5.69 Å². The summed E-state index contributed by atoms with van der Waals surface area (Å²) >= 11 is 1.80. The summed E-state index contributed by atoms with van der Waals surface area (Å²) in [6.45, 7) is 0.727. The van der Waals surface area contributed by atoms with Crippen LogP contribution in [0.15, 0.2) is 18.2 Å². The number of nitro groups is 1. The molecule has 0 heterocycles. The highest BCUT2D eigenvalue weighted by molar-refractivity contribution is 7.98. The van der Waals surface area contributed by atoms with E-state index < -0.39 is 4.92 Å². The maximum Gasteiger partial charge on any atom is 0.292 e. The van der Waals surface area contributed by atoms with Crippen molar-refractivity contribution >= 4 is 28.8 Å². The Morgan fingerprint density at radius 2 is 2.24 bits per heavy atom. The Labute approximate surface area is 105 Å². The van der Waals surface area contributed by atoms with Gasteiger partial charge >= 0.3 is 0 Å². The van der Waals surface area contributed by atoms with Gasteiger partial charge in [-0.15, -0.1) is 0 Å². The Morgan fingerprint density at radius 1 is 1.47 bits per heavy atom. The lowest BCUT2D eigenvalue weighted by atomic mass is 10.2. The molecule has 0 aliphatic rings. The van der Waals surface area contributed by atoms with Crippen LogP contribution in [0.5, 0.6) is 0 Å². The van der Waals surface area contributed by atoms with Gasteiger partial charge in [-0.3, -0.25) is 10.1 Å². The molecule has 0 fully saturated rings. The lowest BCUT2D eigenvalue weighted by molar-refractivity contribution is -0.383. The predicted molar refractivity (Wildman–Crippen MR) is 73.6 cm³/mol. The van der Waals surface area contributed by atoms with Crippen molar-refractivity contribution in [2.75, 3.05) is 29.6 Å². The maximum atomic E-state index is 10.8. The minimum Gasteiger partial charge on any atom is -0.399 e. The Kier molecular flexibility index (Phi) is 5.62. The predicted octanol–water partition coefficient (Wildman–Crippen LogP) is 2.73. The molecule has 0 radical (unpaired) electrons. The number of anilines is 2. The molecule has 6 heteroatoms. The van der Waals surface area contributed by atoms with Crippen LogP contribution < -0.4 is 11.1 Å². The summed E-state index contributed by atoms with van der Waals surface area (Å²) in [6, 6.07) is 4.57. The largest absolute Gasteiger partial charge is 0.399 e. The molecule has 0 spiro atoms. The summed E-state index contributed by atoms with van der Waals surface area (Å²) in [4.78, 5) is 10.4. The molecule has 0 aliphatic carbocycles. The first-order valence-corrected chi connectivity index (χ1v) is 6.81. The van der Waals surface area contributed by atoms with Crippen LogP contribution in [0, 0.1) is 10.1 Å². The molecule has 1 aromatic rings. The lowest BCUT2D eigenvalue weighted by Crippen LogP contribution is -2.05. The number of hydrogen-bond acceptors (Lipinski definition) is 5. The van der Waals surface area contributed by atoms with E-state index in [1.165, 1.54) is 12.1 Å². The van der Waals surface area contributed by atoms with E-state index in [1.54, 1.807) is 17.8 Å². The number of nitro benzene ring substituents is 1. The highest BCUT2D eigenvalue weighted by Gasteiger charge is 2.12. The van der Waals surface area contributed by atoms with E-state index in [-0.39, 0.29) is 5.69 Å². The molecule has 1 rings (SSSR count). The van der Waals surface area contributed by atoms with E-state index in [0.29, 0.717) is 11.4 Å².